The van der Waals surface area contributed by atoms with Gasteiger partial charge in [0.15, 0.2) is 0 Å². The van der Waals surface area contributed by atoms with Crippen LogP contribution in [0.1, 0.15) is 35.2 Å². The summed E-state index contributed by atoms with van der Waals surface area (Å²) in [5, 5.41) is 18.8. The number of nitrogens with one attached hydrogen (secondary N) is 1. The lowest BCUT2D eigenvalue weighted by atomic mass is 10.0. The Kier molecular flexibility index (Phi) is 6.00. The van der Waals surface area contributed by atoms with Crippen molar-refractivity contribution < 1.29 is 9.80 Å². The lowest BCUT2D eigenvalue weighted by Crippen LogP contribution is -2.42. The molecule has 9 heteroatoms. The molecule has 4 rings (SSSR count). The molecule has 162 valence electrons. The van der Waals surface area contributed by atoms with E-state index in [9.17, 15) is 4.39 Å². The molecule has 0 saturated carbocycles. The number of hydrogen-bond acceptors (Lipinski definition) is 7. The Hall–Kier alpha value is -4.71. The molecule has 0 fully saturated rings. The summed E-state index contributed by atoms with van der Waals surface area (Å²) in [6.07, 6.45) is 7.62. The first kappa shape index (κ1) is 21.5. The zero-order valence-electron chi connectivity index (χ0n) is 17.7. The van der Waals surface area contributed by atoms with Gasteiger partial charge in [0.05, 0.1) is 17.2 Å². The van der Waals surface area contributed by atoms with E-state index in [0.29, 0.717) is 33.6 Å². The largest absolute Gasteiger partial charge is 0.383 e. The van der Waals surface area contributed by atoms with Crippen molar-refractivity contribution in [2.75, 3.05) is 11.1 Å². The van der Waals surface area contributed by atoms with Gasteiger partial charge in [0.2, 0.25) is 5.71 Å². The van der Waals surface area contributed by atoms with Crippen molar-refractivity contribution in [3.05, 3.63) is 95.6 Å². The van der Waals surface area contributed by atoms with Crippen LogP contribution in [-0.2, 0) is 0 Å². The van der Waals surface area contributed by atoms with Crippen LogP contribution in [0.3, 0.4) is 0 Å². The van der Waals surface area contributed by atoms with Crippen LogP contribution in [0.4, 0.5) is 16.0 Å². The smallest absolute Gasteiger partial charge is 0.220 e. The highest BCUT2D eigenvalue weighted by atomic mass is 19.1. The zero-order valence-corrected chi connectivity index (χ0v) is 17.7. The molecular weight excluding hydrogens is 419 g/mol. The SMILES string of the molecule is CC(Nc1ncnc(N)c1C(=[NH2+])c1cncc(C#N)c1)c1cncc(-c2ccccc2F)c1. The molecule has 0 aliphatic rings. The van der Waals surface area contributed by atoms with Crippen molar-refractivity contribution in [3.63, 3.8) is 0 Å². The van der Waals surface area contributed by atoms with Crippen LogP contribution in [0.2, 0.25) is 0 Å². The number of nitrogens with zero attached hydrogens (tertiary/aromatic N) is 5. The standard InChI is InChI=1S/C24H19FN8/c1-14(16-7-17(11-30-10-16)19-4-2-3-5-20(19)25)33-24-21(23(28)31-13-32-24)22(27)18-6-15(8-26)9-29-12-18/h2-7,9-14,27H,1H3,(H3,28,31,32,33)/p+1. The topological polar surface area (TPSA) is 139 Å². The second kappa shape index (κ2) is 9.20. The molecule has 0 aliphatic heterocycles. The number of benzene rings is 1. The molecule has 0 spiro atoms. The number of aromatic nitrogens is 4. The summed E-state index contributed by atoms with van der Waals surface area (Å²) in [5.41, 5.74) is 9.64. The molecule has 0 radical (unpaired) electrons. The maximum absolute atomic E-state index is 14.2. The first-order chi connectivity index (χ1) is 16.0. The average molecular weight is 439 g/mol. The second-order valence-electron chi connectivity index (χ2n) is 7.32. The fourth-order valence-electron chi connectivity index (χ4n) is 3.39. The van der Waals surface area contributed by atoms with E-state index in [4.69, 9.17) is 16.4 Å². The van der Waals surface area contributed by atoms with Crippen molar-refractivity contribution >= 4 is 17.3 Å². The van der Waals surface area contributed by atoms with Crippen molar-refractivity contribution in [1.29, 1.82) is 5.26 Å². The van der Waals surface area contributed by atoms with Gasteiger partial charge in [-0.25, -0.2) is 14.4 Å². The monoisotopic (exact) mass is 439 g/mol. The molecule has 1 unspecified atom stereocenters. The van der Waals surface area contributed by atoms with E-state index < -0.39 is 0 Å². The molecular formula is C24H20FN8+. The van der Waals surface area contributed by atoms with Gasteiger partial charge in [0.1, 0.15) is 35.4 Å². The van der Waals surface area contributed by atoms with Crippen molar-refractivity contribution in [3.8, 4) is 17.2 Å². The summed E-state index contributed by atoms with van der Waals surface area (Å²) in [7, 11) is 0. The first-order valence-corrected chi connectivity index (χ1v) is 10.0. The number of nitrogens with two attached hydrogens (primary N) is 2. The van der Waals surface area contributed by atoms with Crippen molar-refractivity contribution in [1.82, 2.24) is 19.9 Å². The van der Waals surface area contributed by atoms with Crippen molar-refractivity contribution in [2.45, 2.75) is 13.0 Å². The number of anilines is 2. The fraction of sp³-hybridized carbons (Fsp3) is 0.0833. The van der Waals surface area contributed by atoms with Gasteiger partial charge in [-0.15, -0.1) is 0 Å². The first-order valence-electron chi connectivity index (χ1n) is 10.0. The molecule has 5 N–H and O–H groups in total. The average Bonchev–Trinajstić information content (AvgIpc) is 2.84. The molecule has 1 aromatic carbocycles. The molecule has 1 atom stereocenters. The summed E-state index contributed by atoms with van der Waals surface area (Å²) in [4.78, 5) is 16.7. The van der Waals surface area contributed by atoms with Crippen LogP contribution < -0.4 is 16.5 Å². The molecule has 3 heterocycles. The van der Waals surface area contributed by atoms with Gasteiger partial charge < -0.3 is 11.1 Å². The molecule has 0 saturated heterocycles. The predicted octanol–water partition coefficient (Wildman–Crippen LogP) is 2.30. The van der Waals surface area contributed by atoms with E-state index in [1.165, 1.54) is 24.8 Å². The minimum absolute atomic E-state index is 0.179. The minimum Gasteiger partial charge on any atom is -0.383 e. The van der Waals surface area contributed by atoms with Gasteiger partial charge in [-0.3, -0.25) is 15.4 Å². The van der Waals surface area contributed by atoms with E-state index in [1.807, 2.05) is 19.1 Å². The van der Waals surface area contributed by atoms with E-state index in [-0.39, 0.29) is 23.4 Å². The molecule has 0 amide bonds. The van der Waals surface area contributed by atoms with Gasteiger partial charge in [-0.1, -0.05) is 18.2 Å². The molecule has 0 bridgehead atoms. The van der Waals surface area contributed by atoms with Gasteiger partial charge in [0, 0.05) is 35.9 Å². The fourth-order valence-corrected chi connectivity index (χ4v) is 3.39. The summed E-state index contributed by atoms with van der Waals surface area (Å²) < 4.78 is 14.2. The second-order valence-corrected chi connectivity index (χ2v) is 7.32. The summed E-state index contributed by atoms with van der Waals surface area (Å²) in [5.74, 6) is 0.266. The van der Waals surface area contributed by atoms with Crippen LogP contribution in [-0.4, -0.2) is 25.6 Å². The third kappa shape index (κ3) is 4.50. The van der Waals surface area contributed by atoms with Crippen LogP contribution in [0.15, 0.2) is 67.5 Å². The van der Waals surface area contributed by atoms with E-state index in [1.54, 1.807) is 36.7 Å². The third-order valence-corrected chi connectivity index (χ3v) is 5.12. The molecule has 0 aliphatic carbocycles. The van der Waals surface area contributed by atoms with Crippen LogP contribution in [0, 0.1) is 17.1 Å². The van der Waals surface area contributed by atoms with E-state index >= 15 is 0 Å². The summed E-state index contributed by atoms with van der Waals surface area (Å²) in [6.45, 7) is 1.91. The van der Waals surface area contributed by atoms with Gasteiger partial charge in [0.25, 0.3) is 0 Å². The number of halogens is 1. The Morgan fingerprint density at radius 2 is 1.91 bits per heavy atom. The Morgan fingerprint density at radius 1 is 1.12 bits per heavy atom. The highest BCUT2D eigenvalue weighted by Gasteiger charge is 2.23. The highest BCUT2D eigenvalue weighted by Crippen LogP contribution is 2.28. The van der Waals surface area contributed by atoms with Crippen molar-refractivity contribution in [2.24, 2.45) is 0 Å². The Bertz CT molecular complexity index is 1380. The van der Waals surface area contributed by atoms with E-state index in [0.717, 1.165) is 5.56 Å². The maximum atomic E-state index is 14.2. The van der Waals surface area contributed by atoms with Crippen LogP contribution in [0.5, 0.6) is 0 Å². The van der Waals surface area contributed by atoms with Crippen LogP contribution >= 0.6 is 0 Å². The Morgan fingerprint density at radius 3 is 2.70 bits per heavy atom. The molecule has 3 aromatic heterocycles. The van der Waals surface area contributed by atoms with Gasteiger partial charge in [-0.05, 0) is 30.7 Å². The lowest BCUT2D eigenvalue weighted by Gasteiger charge is -2.18. The number of nitriles is 1. The summed E-state index contributed by atoms with van der Waals surface area (Å²) in [6, 6.07) is 11.8. The predicted molar refractivity (Wildman–Crippen MR) is 122 cm³/mol. The molecule has 4 aromatic rings. The minimum atomic E-state index is -0.321. The van der Waals surface area contributed by atoms with E-state index in [2.05, 4.69) is 25.3 Å². The Balaban J connectivity index is 1.66. The lowest BCUT2D eigenvalue weighted by molar-refractivity contribution is -0.111. The van der Waals surface area contributed by atoms with Gasteiger partial charge >= 0.3 is 0 Å². The normalized spacial score (nSPS) is 11.4. The Labute approximate surface area is 189 Å². The highest BCUT2D eigenvalue weighted by molar-refractivity contribution is 6.14. The molecule has 8 nitrogen and oxygen atoms in total. The number of rotatable bonds is 6. The maximum Gasteiger partial charge on any atom is 0.220 e. The molecule has 33 heavy (non-hydrogen) atoms. The number of hydrogen-bond donors (Lipinski definition) is 3. The summed E-state index contributed by atoms with van der Waals surface area (Å²) >= 11 is 0. The number of nitrogen functional groups attached to an aromatic ring is 1. The number of pyridine rings is 2. The van der Waals surface area contributed by atoms with Gasteiger partial charge in [-0.2, -0.15) is 5.26 Å². The third-order valence-electron chi connectivity index (χ3n) is 5.12. The van der Waals surface area contributed by atoms with Crippen LogP contribution in [0.25, 0.3) is 11.1 Å². The quantitative estimate of drug-likeness (QED) is 0.392. The zero-order chi connectivity index (χ0) is 23.4.